The van der Waals surface area contributed by atoms with Crippen LogP contribution in [0.2, 0.25) is 0 Å². The summed E-state index contributed by atoms with van der Waals surface area (Å²) in [7, 11) is 0. The summed E-state index contributed by atoms with van der Waals surface area (Å²) in [6.45, 7) is 0. The molecule has 0 aromatic heterocycles. The van der Waals surface area contributed by atoms with E-state index in [4.69, 9.17) is 12.2 Å². The first-order valence-electron chi connectivity index (χ1n) is 6.64. The van der Waals surface area contributed by atoms with Crippen molar-refractivity contribution in [2.24, 2.45) is 0 Å². The minimum atomic E-state index is -0.455. The monoisotopic (exact) mass is 342 g/mol. The van der Waals surface area contributed by atoms with E-state index in [1.54, 1.807) is 30.3 Å². The van der Waals surface area contributed by atoms with Gasteiger partial charge in [-0.15, -0.1) is 0 Å². The van der Waals surface area contributed by atoms with E-state index in [1.165, 1.54) is 17.0 Å². The van der Waals surface area contributed by atoms with Gasteiger partial charge in [0.05, 0.1) is 15.5 Å². The molecule has 23 heavy (non-hydrogen) atoms. The fourth-order valence-corrected chi connectivity index (χ4v) is 3.43. The number of thioether (sulfide) groups is 1. The first-order valence-corrected chi connectivity index (χ1v) is 7.86. The minimum absolute atomic E-state index is 0.000456. The third kappa shape index (κ3) is 3.15. The molecule has 5 nitrogen and oxygen atoms in total. The van der Waals surface area contributed by atoms with E-state index in [-0.39, 0.29) is 10.9 Å². The first kappa shape index (κ1) is 15.4. The van der Waals surface area contributed by atoms with Crippen molar-refractivity contribution in [3.05, 3.63) is 75.2 Å². The number of hydrogen-bond donors (Lipinski definition) is 0. The molecule has 1 fully saturated rings. The van der Waals surface area contributed by atoms with Crippen molar-refractivity contribution in [1.82, 2.24) is 0 Å². The predicted octanol–water partition coefficient (Wildman–Crippen LogP) is 4.64. The van der Waals surface area contributed by atoms with Gasteiger partial charge in [-0.2, -0.15) is 0 Å². The van der Waals surface area contributed by atoms with Gasteiger partial charge < -0.3 is 0 Å². The van der Waals surface area contributed by atoms with Crippen LogP contribution in [0, 0.1) is 10.1 Å². The molecule has 0 atom stereocenters. The maximum Gasteiger partial charge on any atom is 0.296 e. The molecule has 0 saturated carbocycles. The van der Waals surface area contributed by atoms with Gasteiger partial charge in [0.2, 0.25) is 0 Å². The lowest BCUT2D eigenvalue weighted by Crippen LogP contribution is -2.26. The number of para-hydroxylation sites is 1. The van der Waals surface area contributed by atoms with Crippen molar-refractivity contribution >= 4 is 51.7 Å². The molecule has 0 unspecified atom stereocenters. The van der Waals surface area contributed by atoms with Gasteiger partial charge in [0.1, 0.15) is 4.99 Å². The Morgan fingerprint density at radius 2 is 1.87 bits per heavy atom. The standard InChI is InChI=1S/C16H10N2O3S2/c19-16-17(12-6-2-1-3-7-12)15(22)14(23-16)10-11-5-4-8-13(9-11)18(20)21/h1-10H/b14-10-. The van der Waals surface area contributed by atoms with E-state index < -0.39 is 4.92 Å². The van der Waals surface area contributed by atoms with Gasteiger partial charge in [-0.3, -0.25) is 19.8 Å². The number of carbonyl (C=O) groups excluding carboxylic acids is 1. The molecule has 114 valence electrons. The molecule has 1 saturated heterocycles. The zero-order valence-electron chi connectivity index (χ0n) is 11.7. The van der Waals surface area contributed by atoms with E-state index in [0.717, 1.165) is 11.8 Å². The van der Waals surface area contributed by atoms with E-state index >= 15 is 0 Å². The molecule has 1 amide bonds. The molecule has 0 radical (unpaired) electrons. The zero-order chi connectivity index (χ0) is 16.4. The predicted molar refractivity (Wildman–Crippen MR) is 95.6 cm³/mol. The molecule has 1 aliphatic rings. The lowest BCUT2D eigenvalue weighted by molar-refractivity contribution is -0.384. The highest BCUT2D eigenvalue weighted by Gasteiger charge is 2.32. The summed E-state index contributed by atoms with van der Waals surface area (Å²) in [5.74, 6) is 0. The molecule has 0 N–H and O–H groups in total. The van der Waals surface area contributed by atoms with Crippen molar-refractivity contribution in [2.45, 2.75) is 0 Å². The van der Waals surface area contributed by atoms with Gasteiger partial charge in [0.15, 0.2) is 0 Å². The summed E-state index contributed by atoms with van der Waals surface area (Å²) < 4.78 is 0. The molecule has 3 rings (SSSR count). The summed E-state index contributed by atoms with van der Waals surface area (Å²) in [5, 5.41) is 10.7. The third-order valence-corrected chi connectivity index (χ3v) is 4.61. The molecule has 2 aromatic rings. The van der Waals surface area contributed by atoms with Crippen LogP contribution in [0.5, 0.6) is 0 Å². The highest BCUT2D eigenvalue weighted by atomic mass is 32.2. The second-order valence-corrected chi connectivity index (χ2v) is 6.08. The Kier molecular flexibility index (Phi) is 4.22. The highest BCUT2D eigenvalue weighted by Crippen LogP contribution is 2.36. The Hall–Kier alpha value is -2.51. The second-order valence-electron chi connectivity index (χ2n) is 4.70. The maximum atomic E-state index is 12.2. The van der Waals surface area contributed by atoms with Crippen molar-refractivity contribution in [1.29, 1.82) is 0 Å². The average Bonchev–Trinajstić information content (AvgIpc) is 2.82. The SMILES string of the molecule is O=C1S/C(=C\c2cccc([N+](=O)[O-])c2)C(=S)N1c1ccccc1. The molecule has 0 bridgehead atoms. The number of nitro groups is 1. The molecular weight excluding hydrogens is 332 g/mol. The molecule has 1 aliphatic heterocycles. The number of nitro benzene ring substituents is 1. The quantitative estimate of drug-likeness (QED) is 0.352. The van der Waals surface area contributed by atoms with Crippen LogP contribution in [-0.4, -0.2) is 15.2 Å². The van der Waals surface area contributed by atoms with Gasteiger partial charge in [0, 0.05) is 12.1 Å². The molecule has 0 aliphatic carbocycles. The van der Waals surface area contributed by atoms with Crippen LogP contribution in [0.15, 0.2) is 59.5 Å². The fourth-order valence-electron chi connectivity index (χ4n) is 2.15. The Morgan fingerprint density at radius 3 is 2.57 bits per heavy atom. The van der Waals surface area contributed by atoms with Crippen molar-refractivity contribution < 1.29 is 9.72 Å². The Labute approximate surface area is 141 Å². The second kappa shape index (κ2) is 6.31. The van der Waals surface area contributed by atoms with Gasteiger partial charge in [-0.1, -0.05) is 42.5 Å². The smallest absolute Gasteiger partial charge is 0.261 e. The maximum absolute atomic E-state index is 12.2. The number of non-ortho nitro benzene ring substituents is 1. The zero-order valence-corrected chi connectivity index (χ0v) is 13.3. The van der Waals surface area contributed by atoms with Crippen LogP contribution in [-0.2, 0) is 0 Å². The molecular formula is C16H10N2O3S2. The first-order chi connectivity index (χ1) is 11.1. The topological polar surface area (TPSA) is 63.4 Å². The van der Waals surface area contributed by atoms with E-state index in [2.05, 4.69) is 0 Å². The highest BCUT2D eigenvalue weighted by molar-refractivity contribution is 8.20. The third-order valence-electron chi connectivity index (χ3n) is 3.19. The van der Waals surface area contributed by atoms with Crippen LogP contribution in [0.4, 0.5) is 16.2 Å². The lowest BCUT2D eigenvalue weighted by atomic mass is 10.2. The number of nitrogens with zero attached hydrogens (tertiary/aromatic N) is 2. The molecule has 0 spiro atoms. The van der Waals surface area contributed by atoms with Crippen molar-refractivity contribution in [2.75, 3.05) is 4.90 Å². The van der Waals surface area contributed by atoms with Crippen LogP contribution in [0.25, 0.3) is 6.08 Å². The van der Waals surface area contributed by atoms with Crippen LogP contribution in [0.3, 0.4) is 0 Å². The van der Waals surface area contributed by atoms with Crippen LogP contribution >= 0.6 is 24.0 Å². The number of amides is 1. The van der Waals surface area contributed by atoms with Crippen molar-refractivity contribution in [3.63, 3.8) is 0 Å². The van der Waals surface area contributed by atoms with Gasteiger partial charge in [0.25, 0.3) is 10.9 Å². The average molecular weight is 342 g/mol. The van der Waals surface area contributed by atoms with E-state index in [1.807, 2.05) is 18.2 Å². The summed E-state index contributed by atoms with van der Waals surface area (Å²) in [6.07, 6.45) is 1.70. The van der Waals surface area contributed by atoms with Crippen molar-refractivity contribution in [3.8, 4) is 0 Å². The van der Waals surface area contributed by atoms with Gasteiger partial charge in [-0.25, -0.2) is 0 Å². The van der Waals surface area contributed by atoms with Gasteiger partial charge >= 0.3 is 0 Å². The minimum Gasteiger partial charge on any atom is -0.261 e. The van der Waals surface area contributed by atoms with Gasteiger partial charge in [-0.05, 0) is 35.5 Å². The molecule has 1 heterocycles. The summed E-state index contributed by atoms with van der Waals surface area (Å²) in [6, 6.07) is 15.3. The molecule has 7 heteroatoms. The van der Waals surface area contributed by atoms with E-state index in [9.17, 15) is 14.9 Å². The Balaban J connectivity index is 1.93. The number of rotatable bonds is 3. The van der Waals surface area contributed by atoms with Crippen LogP contribution < -0.4 is 4.90 Å². The van der Waals surface area contributed by atoms with E-state index in [0.29, 0.717) is 21.1 Å². The Bertz CT molecular complexity index is 834. The van der Waals surface area contributed by atoms with Crippen LogP contribution in [0.1, 0.15) is 5.56 Å². The number of anilines is 1. The number of benzene rings is 2. The number of thiocarbonyl (C=S) groups is 1. The summed E-state index contributed by atoms with van der Waals surface area (Å²) in [5.41, 5.74) is 1.34. The normalized spacial score (nSPS) is 16.2. The largest absolute Gasteiger partial charge is 0.296 e. The fraction of sp³-hybridized carbons (Fsp3) is 0. The lowest BCUT2D eigenvalue weighted by Gasteiger charge is -2.14. The Morgan fingerprint density at radius 1 is 1.13 bits per heavy atom. The number of hydrogen-bond acceptors (Lipinski definition) is 5. The molecule has 2 aromatic carbocycles. The summed E-state index contributed by atoms with van der Waals surface area (Å²) >= 11 is 6.41. The summed E-state index contributed by atoms with van der Waals surface area (Å²) in [4.78, 5) is 25.1. The number of carbonyl (C=O) groups is 1.